The normalized spacial score (nSPS) is 17.0. The average Bonchev–Trinajstić information content (AvgIpc) is 2.31. The van der Waals surface area contributed by atoms with Crippen LogP contribution in [0.25, 0.3) is 0 Å². The molecule has 3 N–H and O–H groups in total. The van der Waals surface area contributed by atoms with E-state index >= 15 is 0 Å². The number of rotatable bonds is 3. The van der Waals surface area contributed by atoms with Crippen LogP contribution in [0, 0.1) is 0 Å². The second-order valence-corrected chi connectivity index (χ2v) is 3.82. The lowest BCUT2D eigenvalue weighted by atomic mass is 10.1. The average molecular weight is 221 g/mol. The maximum atomic E-state index is 10.8. The van der Waals surface area contributed by atoms with Crippen LogP contribution in [0.5, 0.6) is 5.88 Å². The van der Waals surface area contributed by atoms with Gasteiger partial charge in [-0.15, -0.1) is 0 Å². The van der Waals surface area contributed by atoms with Gasteiger partial charge in [0.05, 0.1) is 5.56 Å². The number of hydrogen-bond acceptors (Lipinski definition) is 4. The lowest BCUT2D eigenvalue weighted by molar-refractivity contribution is 0.0999. The Hall–Kier alpha value is -1.62. The fraction of sp³-hybridized carbons (Fsp3) is 0.455. The van der Waals surface area contributed by atoms with Gasteiger partial charge < -0.3 is 15.8 Å². The van der Waals surface area contributed by atoms with Gasteiger partial charge in [-0.25, -0.2) is 4.98 Å². The van der Waals surface area contributed by atoms with Crippen molar-refractivity contribution < 1.29 is 9.53 Å². The molecule has 2 rings (SSSR count). The van der Waals surface area contributed by atoms with Gasteiger partial charge in [0, 0.05) is 12.3 Å². The quantitative estimate of drug-likeness (QED) is 0.770. The summed E-state index contributed by atoms with van der Waals surface area (Å²) in [7, 11) is 0. The molecule has 1 aliphatic heterocycles. The highest BCUT2D eigenvalue weighted by molar-refractivity contribution is 5.92. The number of primary amides is 1. The fourth-order valence-electron chi connectivity index (χ4n) is 1.68. The molecule has 1 aromatic rings. The first-order valence-corrected chi connectivity index (χ1v) is 5.39. The molecule has 1 saturated heterocycles. The number of piperidine rings is 1. The Balaban J connectivity index is 1.96. The van der Waals surface area contributed by atoms with Crippen molar-refractivity contribution in [2.75, 3.05) is 13.1 Å². The van der Waals surface area contributed by atoms with E-state index in [-0.39, 0.29) is 6.10 Å². The monoisotopic (exact) mass is 221 g/mol. The van der Waals surface area contributed by atoms with Crippen molar-refractivity contribution in [2.24, 2.45) is 5.73 Å². The van der Waals surface area contributed by atoms with Gasteiger partial charge in [-0.05, 0) is 32.0 Å². The minimum atomic E-state index is -0.471. The summed E-state index contributed by atoms with van der Waals surface area (Å²) in [5, 5.41) is 3.26. The van der Waals surface area contributed by atoms with Crippen molar-refractivity contribution in [2.45, 2.75) is 18.9 Å². The summed E-state index contributed by atoms with van der Waals surface area (Å²) in [6, 6.07) is 3.31. The third-order valence-electron chi connectivity index (χ3n) is 2.59. The predicted octanol–water partition coefficient (Wildman–Crippen LogP) is 0.311. The van der Waals surface area contributed by atoms with Crippen molar-refractivity contribution in [1.82, 2.24) is 10.3 Å². The van der Waals surface area contributed by atoms with Crippen LogP contribution in [-0.4, -0.2) is 30.1 Å². The molecule has 16 heavy (non-hydrogen) atoms. The third-order valence-corrected chi connectivity index (χ3v) is 2.59. The summed E-state index contributed by atoms with van der Waals surface area (Å²) >= 11 is 0. The molecule has 1 aromatic heterocycles. The van der Waals surface area contributed by atoms with Gasteiger partial charge >= 0.3 is 0 Å². The standard InChI is InChI=1S/C11H15N3O2/c12-11(15)8-1-2-10(14-7-8)16-9-3-5-13-6-4-9/h1-2,7,9,13H,3-6H2,(H2,12,15). The largest absolute Gasteiger partial charge is 0.474 e. The van der Waals surface area contributed by atoms with Crippen molar-refractivity contribution in [3.8, 4) is 5.88 Å². The third kappa shape index (κ3) is 2.70. The first kappa shape index (κ1) is 10.9. The van der Waals surface area contributed by atoms with E-state index in [0.29, 0.717) is 11.4 Å². The summed E-state index contributed by atoms with van der Waals surface area (Å²) in [4.78, 5) is 14.9. The Morgan fingerprint density at radius 2 is 2.19 bits per heavy atom. The van der Waals surface area contributed by atoms with Crippen LogP contribution < -0.4 is 15.8 Å². The number of hydrogen-bond donors (Lipinski definition) is 2. The molecular weight excluding hydrogens is 206 g/mol. The zero-order chi connectivity index (χ0) is 11.4. The predicted molar refractivity (Wildman–Crippen MR) is 59.3 cm³/mol. The summed E-state index contributed by atoms with van der Waals surface area (Å²) < 4.78 is 5.69. The lowest BCUT2D eigenvalue weighted by Gasteiger charge is -2.23. The van der Waals surface area contributed by atoms with Crippen LogP contribution in [0.1, 0.15) is 23.2 Å². The van der Waals surface area contributed by atoms with Gasteiger partial charge in [0.2, 0.25) is 11.8 Å². The van der Waals surface area contributed by atoms with E-state index in [1.807, 2.05) is 0 Å². The van der Waals surface area contributed by atoms with Gasteiger partial charge in [0.15, 0.2) is 0 Å². The van der Waals surface area contributed by atoms with Crippen molar-refractivity contribution in [1.29, 1.82) is 0 Å². The number of carbonyl (C=O) groups excluding carboxylic acids is 1. The molecule has 5 nitrogen and oxygen atoms in total. The fourth-order valence-corrected chi connectivity index (χ4v) is 1.68. The number of pyridine rings is 1. The maximum absolute atomic E-state index is 10.8. The van der Waals surface area contributed by atoms with Crippen molar-refractivity contribution in [3.05, 3.63) is 23.9 Å². The van der Waals surface area contributed by atoms with E-state index < -0.39 is 5.91 Å². The number of ether oxygens (including phenoxy) is 1. The molecule has 0 bridgehead atoms. The van der Waals surface area contributed by atoms with E-state index in [0.717, 1.165) is 25.9 Å². The molecular formula is C11H15N3O2. The van der Waals surface area contributed by atoms with Crippen molar-refractivity contribution >= 4 is 5.91 Å². The number of nitrogens with one attached hydrogen (secondary N) is 1. The van der Waals surface area contributed by atoms with E-state index in [9.17, 15) is 4.79 Å². The van der Waals surface area contributed by atoms with Crippen LogP contribution >= 0.6 is 0 Å². The van der Waals surface area contributed by atoms with E-state index in [2.05, 4.69) is 10.3 Å². The molecule has 0 saturated carbocycles. The minimum absolute atomic E-state index is 0.216. The molecule has 0 radical (unpaired) electrons. The molecule has 5 heteroatoms. The van der Waals surface area contributed by atoms with Crippen molar-refractivity contribution in [3.63, 3.8) is 0 Å². The zero-order valence-corrected chi connectivity index (χ0v) is 8.98. The molecule has 2 heterocycles. The maximum Gasteiger partial charge on any atom is 0.250 e. The van der Waals surface area contributed by atoms with Crippen LogP contribution in [0.2, 0.25) is 0 Å². The first-order valence-electron chi connectivity index (χ1n) is 5.39. The molecule has 0 spiro atoms. The summed E-state index contributed by atoms with van der Waals surface area (Å²) in [6.07, 6.45) is 3.63. The zero-order valence-electron chi connectivity index (χ0n) is 8.98. The number of carbonyl (C=O) groups is 1. The van der Waals surface area contributed by atoms with Gasteiger partial charge in [0.1, 0.15) is 6.10 Å². The van der Waals surface area contributed by atoms with Crippen LogP contribution in [0.3, 0.4) is 0 Å². The molecule has 0 aromatic carbocycles. The Morgan fingerprint density at radius 1 is 1.44 bits per heavy atom. The number of aromatic nitrogens is 1. The summed E-state index contributed by atoms with van der Waals surface area (Å²) in [5.74, 6) is 0.0813. The molecule has 0 aliphatic carbocycles. The number of nitrogens with zero attached hydrogens (tertiary/aromatic N) is 1. The molecule has 1 fully saturated rings. The smallest absolute Gasteiger partial charge is 0.250 e. The molecule has 86 valence electrons. The molecule has 0 unspecified atom stereocenters. The van der Waals surface area contributed by atoms with Crippen LogP contribution in [0.4, 0.5) is 0 Å². The highest BCUT2D eigenvalue weighted by atomic mass is 16.5. The van der Waals surface area contributed by atoms with Gasteiger partial charge in [-0.3, -0.25) is 4.79 Å². The Bertz CT molecular complexity index is 358. The Kier molecular flexibility index (Phi) is 3.36. The lowest BCUT2D eigenvalue weighted by Crippen LogP contribution is -2.34. The second-order valence-electron chi connectivity index (χ2n) is 3.82. The topological polar surface area (TPSA) is 77.2 Å². The summed E-state index contributed by atoms with van der Waals surface area (Å²) in [6.45, 7) is 1.95. The van der Waals surface area contributed by atoms with E-state index in [1.165, 1.54) is 6.20 Å². The van der Waals surface area contributed by atoms with Crippen LogP contribution in [-0.2, 0) is 0 Å². The highest BCUT2D eigenvalue weighted by Crippen LogP contribution is 2.14. The first-order chi connectivity index (χ1) is 7.75. The second kappa shape index (κ2) is 4.94. The molecule has 0 atom stereocenters. The van der Waals surface area contributed by atoms with E-state index in [4.69, 9.17) is 10.5 Å². The SMILES string of the molecule is NC(=O)c1ccc(OC2CCNCC2)nc1. The number of nitrogens with two attached hydrogens (primary N) is 1. The Morgan fingerprint density at radius 3 is 2.75 bits per heavy atom. The van der Waals surface area contributed by atoms with Gasteiger partial charge in [-0.1, -0.05) is 0 Å². The highest BCUT2D eigenvalue weighted by Gasteiger charge is 2.14. The van der Waals surface area contributed by atoms with Gasteiger partial charge in [-0.2, -0.15) is 0 Å². The van der Waals surface area contributed by atoms with Crippen LogP contribution in [0.15, 0.2) is 18.3 Å². The number of amides is 1. The van der Waals surface area contributed by atoms with E-state index in [1.54, 1.807) is 12.1 Å². The Labute approximate surface area is 94.0 Å². The van der Waals surface area contributed by atoms with Gasteiger partial charge in [0.25, 0.3) is 0 Å². The molecule has 1 aliphatic rings. The molecule has 1 amide bonds. The minimum Gasteiger partial charge on any atom is -0.474 e. The summed E-state index contributed by atoms with van der Waals surface area (Å²) in [5.41, 5.74) is 5.52.